The molecule has 2 aromatic rings. The van der Waals surface area contributed by atoms with Gasteiger partial charge in [0, 0.05) is 13.6 Å². The van der Waals surface area contributed by atoms with E-state index in [1.165, 1.54) is 5.56 Å². The van der Waals surface area contributed by atoms with Gasteiger partial charge in [0.15, 0.2) is 5.82 Å². The summed E-state index contributed by atoms with van der Waals surface area (Å²) in [5.41, 5.74) is 1.24. The monoisotopic (exact) mass is 246 g/mol. The average Bonchev–Trinajstić information content (AvgIpc) is 2.70. The van der Waals surface area contributed by atoms with Crippen LogP contribution in [0.15, 0.2) is 24.3 Å². The highest BCUT2D eigenvalue weighted by Gasteiger charge is 2.05. The van der Waals surface area contributed by atoms with Gasteiger partial charge in [0.05, 0.1) is 0 Å². The molecule has 0 fully saturated rings. The first-order valence-electron chi connectivity index (χ1n) is 5.92. The Kier molecular flexibility index (Phi) is 3.94. The first-order chi connectivity index (χ1) is 8.70. The van der Waals surface area contributed by atoms with Gasteiger partial charge in [-0.25, -0.2) is 0 Å². The van der Waals surface area contributed by atoms with E-state index in [0.717, 1.165) is 23.9 Å². The summed E-state index contributed by atoms with van der Waals surface area (Å²) in [6.45, 7) is 3.22. The first kappa shape index (κ1) is 12.6. The van der Waals surface area contributed by atoms with Crippen molar-refractivity contribution in [3.8, 4) is 5.75 Å². The summed E-state index contributed by atoms with van der Waals surface area (Å²) in [5, 5.41) is 11.2. The molecule has 1 aromatic carbocycles. The van der Waals surface area contributed by atoms with Crippen LogP contribution >= 0.6 is 0 Å². The van der Waals surface area contributed by atoms with Crippen LogP contribution in [0, 0.1) is 6.92 Å². The molecular formula is C13H18N4O. The van der Waals surface area contributed by atoms with Gasteiger partial charge in [-0.15, -0.1) is 10.2 Å². The lowest BCUT2D eigenvalue weighted by atomic mass is 10.2. The first-order valence-corrected chi connectivity index (χ1v) is 5.92. The zero-order valence-corrected chi connectivity index (χ0v) is 11.0. The zero-order chi connectivity index (χ0) is 13.0. The molecule has 0 aliphatic carbocycles. The van der Waals surface area contributed by atoms with Crippen LogP contribution < -0.4 is 10.1 Å². The standard InChI is InChI=1S/C13H18N4O/c1-10-15-16-13(17(10)3)9-18-12-6-4-11(5-7-12)8-14-2/h4-7,14H,8-9H2,1-3H3. The van der Waals surface area contributed by atoms with Crippen molar-refractivity contribution in [3.63, 3.8) is 0 Å². The number of rotatable bonds is 5. The predicted octanol–water partition coefficient (Wildman–Crippen LogP) is 1.42. The molecule has 2 rings (SSSR count). The third kappa shape index (κ3) is 2.87. The second-order valence-corrected chi connectivity index (χ2v) is 4.19. The summed E-state index contributed by atoms with van der Waals surface area (Å²) in [6.07, 6.45) is 0. The van der Waals surface area contributed by atoms with Crippen LogP contribution in [0.5, 0.6) is 5.75 Å². The molecule has 5 nitrogen and oxygen atoms in total. The van der Waals surface area contributed by atoms with Crippen molar-refractivity contribution in [2.75, 3.05) is 7.05 Å². The zero-order valence-electron chi connectivity index (χ0n) is 11.0. The molecule has 0 atom stereocenters. The van der Waals surface area contributed by atoms with Crippen molar-refractivity contribution in [1.82, 2.24) is 20.1 Å². The van der Waals surface area contributed by atoms with Crippen molar-refractivity contribution in [2.45, 2.75) is 20.1 Å². The molecule has 96 valence electrons. The number of nitrogens with one attached hydrogen (secondary N) is 1. The fourth-order valence-corrected chi connectivity index (χ4v) is 1.63. The van der Waals surface area contributed by atoms with Crippen molar-refractivity contribution in [3.05, 3.63) is 41.5 Å². The molecule has 0 bridgehead atoms. The van der Waals surface area contributed by atoms with Gasteiger partial charge in [-0.1, -0.05) is 12.1 Å². The minimum Gasteiger partial charge on any atom is -0.486 e. The summed E-state index contributed by atoms with van der Waals surface area (Å²) in [5.74, 6) is 2.56. The van der Waals surface area contributed by atoms with Crippen molar-refractivity contribution in [1.29, 1.82) is 0 Å². The molecule has 1 N–H and O–H groups in total. The number of aryl methyl sites for hydroxylation is 1. The topological polar surface area (TPSA) is 52.0 Å². The summed E-state index contributed by atoms with van der Waals surface area (Å²) < 4.78 is 7.60. The number of aromatic nitrogens is 3. The van der Waals surface area contributed by atoms with E-state index in [9.17, 15) is 0 Å². The van der Waals surface area contributed by atoms with Crippen molar-refractivity contribution >= 4 is 0 Å². The second kappa shape index (κ2) is 5.64. The van der Waals surface area contributed by atoms with Crippen LogP contribution in [0.25, 0.3) is 0 Å². The molecule has 18 heavy (non-hydrogen) atoms. The molecule has 0 amide bonds. The van der Waals surface area contributed by atoms with E-state index in [1.54, 1.807) is 0 Å². The molecule has 0 aliphatic heterocycles. The molecule has 1 aromatic heterocycles. The van der Waals surface area contributed by atoms with Crippen LogP contribution in [-0.4, -0.2) is 21.8 Å². The molecule has 5 heteroatoms. The Hall–Kier alpha value is -1.88. The summed E-state index contributed by atoms with van der Waals surface area (Å²) >= 11 is 0. The maximum absolute atomic E-state index is 5.68. The molecule has 0 saturated carbocycles. The second-order valence-electron chi connectivity index (χ2n) is 4.19. The van der Waals surface area contributed by atoms with Crippen LogP contribution in [0.1, 0.15) is 17.2 Å². The maximum Gasteiger partial charge on any atom is 0.170 e. The Morgan fingerprint density at radius 3 is 2.50 bits per heavy atom. The van der Waals surface area contributed by atoms with Crippen LogP contribution in [0.4, 0.5) is 0 Å². The number of benzene rings is 1. The van der Waals surface area contributed by atoms with Gasteiger partial charge in [-0.05, 0) is 31.7 Å². The fourth-order valence-electron chi connectivity index (χ4n) is 1.63. The Labute approximate surface area is 107 Å². The number of hydrogen-bond acceptors (Lipinski definition) is 4. The van der Waals surface area contributed by atoms with Crippen molar-refractivity contribution < 1.29 is 4.74 Å². The van der Waals surface area contributed by atoms with Gasteiger partial charge in [-0.3, -0.25) is 0 Å². The highest BCUT2D eigenvalue weighted by atomic mass is 16.5. The molecule has 0 radical (unpaired) electrons. The summed E-state index contributed by atoms with van der Waals surface area (Å²) in [6, 6.07) is 8.04. The molecule has 0 aliphatic rings. The minimum absolute atomic E-state index is 0.433. The van der Waals surface area contributed by atoms with Gasteiger partial charge in [-0.2, -0.15) is 0 Å². The van der Waals surface area contributed by atoms with Crippen LogP contribution in [0.3, 0.4) is 0 Å². The smallest absolute Gasteiger partial charge is 0.170 e. The predicted molar refractivity (Wildman–Crippen MR) is 69.3 cm³/mol. The lowest BCUT2D eigenvalue weighted by Gasteiger charge is -2.07. The largest absolute Gasteiger partial charge is 0.486 e. The molecule has 0 unspecified atom stereocenters. The van der Waals surface area contributed by atoms with Gasteiger partial charge in [0.2, 0.25) is 0 Å². The van der Waals surface area contributed by atoms with Gasteiger partial charge < -0.3 is 14.6 Å². The Morgan fingerprint density at radius 2 is 1.94 bits per heavy atom. The van der Waals surface area contributed by atoms with Crippen LogP contribution in [0.2, 0.25) is 0 Å². The SMILES string of the molecule is CNCc1ccc(OCc2nnc(C)n2C)cc1. The van der Waals surface area contributed by atoms with E-state index in [1.807, 2.05) is 49.9 Å². The van der Waals surface area contributed by atoms with Gasteiger partial charge in [0.25, 0.3) is 0 Å². The highest BCUT2D eigenvalue weighted by Crippen LogP contribution is 2.13. The van der Waals surface area contributed by atoms with E-state index < -0.39 is 0 Å². The van der Waals surface area contributed by atoms with E-state index in [4.69, 9.17) is 4.74 Å². The fraction of sp³-hybridized carbons (Fsp3) is 0.385. The Balaban J connectivity index is 1.96. The summed E-state index contributed by atoms with van der Waals surface area (Å²) in [4.78, 5) is 0. The van der Waals surface area contributed by atoms with Gasteiger partial charge in [0.1, 0.15) is 18.2 Å². The maximum atomic E-state index is 5.68. The molecule has 1 heterocycles. The molecule has 0 spiro atoms. The van der Waals surface area contributed by atoms with E-state index >= 15 is 0 Å². The molecular weight excluding hydrogens is 228 g/mol. The Bertz CT molecular complexity index is 504. The van der Waals surface area contributed by atoms with Gasteiger partial charge >= 0.3 is 0 Å². The normalized spacial score (nSPS) is 10.6. The minimum atomic E-state index is 0.433. The third-order valence-corrected chi connectivity index (χ3v) is 2.85. The van der Waals surface area contributed by atoms with E-state index in [-0.39, 0.29) is 0 Å². The van der Waals surface area contributed by atoms with Crippen molar-refractivity contribution in [2.24, 2.45) is 7.05 Å². The molecule has 0 saturated heterocycles. The van der Waals surface area contributed by atoms with E-state index in [2.05, 4.69) is 15.5 Å². The lowest BCUT2D eigenvalue weighted by Crippen LogP contribution is -2.06. The third-order valence-electron chi connectivity index (χ3n) is 2.85. The average molecular weight is 246 g/mol. The Morgan fingerprint density at radius 1 is 1.22 bits per heavy atom. The quantitative estimate of drug-likeness (QED) is 0.867. The highest BCUT2D eigenvalue weighted by molar-refractivity contribution is 5.27. The van der Waals surface area contributed by atoms with E-state index in [0.29, 0.717) is 6.61 Å². The number of ether oxygens (including phenoxy) is 1. The lowest BCUT2D eigenvalue weighted by molar-refractivity contribution is 0.291. The number of nitrogens with zero attached hydrogens (tertiary/aromatic N) is 3. The number of hydrogen-bond donors (Lipinski definition) is 1. The van der Waals surface area contributed by atoms with Crippen LogP contribution in [-0.2, 0) is 20.2 Å². The summed E-state index contributed by atoms with van der Waals surface area (Å²) in [7, 11) is 3.87.